The summed E-state index contributed by atoms with van der Waals surface area (Å²) >= 11 is 0. The Labute approximate surface area is 275 Å². The van der Waals surface area contributed by atoms with Gasteiger partial charge in [0.15, 0.2) is 5.79 Å². The van der Waals surface area contributed by atoms with E-state index in [0.717, 1.165) is 50.5 Å². The van der Waals surface area contributed by atoms with E-state index in [1.54, 1.807) is 20.1 Å². The van der Waals surface area contributed by atoms with Crippen LogP contribution in [0.2, 0.25) is 0 Å². The highest BCUT2D eigenvalue weighted by Crippen LogP contribution is 2.72. The number of ether oxygens (including phenoxy) is 5. The number of fused-ring (bicyclic) bond motifs is 5. The number of carbonyl (C=O) groups is 2. The van der Waals surface area contributed by atoms with E-state index in [1.807, 2.05) is 27.7 Å². The number of methoxy groups -OCH3 is 1. The normalized spacial score (nSPS) is 53.0. The molecule has 6 aliphatic rings. The summed E-state index contributed by atoms with van der Waals surface area (Å²) in [4.78, 5) is 24.6. The lowest BCUT2D eigenvalue weighted by atomic mass is 9.42. The Morgan fingerprint density at radius 1 is 0.935 bits per heavy atom. The van der Waals surface area contributed by atoms with Crippen LogP contribution in [-0.2, 0) is 33.3 Å². The van der Waals surface area contributed by atoms with E-state index in [9.17, 15) is 19.8 Å². The maximum Gasteiger partial charge on any atom is 0.331 e. The molecule has 4 aliphatic carbocycles. The predicted octanol–water partition coefficient (Wildman–Crippen LogP) is 5.63. The lowest BCUT2D eigenvalue weighted by Crippen LogP contribution is -2.68. The SMILES string of the molecule is COC1CC(C)(OC2(C)CCC3(C)C(CCC4C3CCC3(C)C(C5=CC(=O)OC5)C(C)(OC(C)=O)CC43O)C2)OC(C)(C)C1(C)O. The Balaban J connectivity index is 1.25. The Morgan fingerprint density at radius 2 is 1.63 bits per heavy atom. The molecule has 5 fully saturated rings. The quantitative estimate of drug-likeness (QED) is 0.289. The van der Waals surface area contributed by atoms with Gasteiger partial charge in [0, 0.05) is 44.3 Å². The number of aliphatic hydroxyl groups is 2. The standard InChI is InChI=1S/C37H58O9/c1-22(38)44-34(7)21-37(41)26-12-11-24-18-31(4,46-35(8)19-27(42-10)36(9,40)30(2,3)45-35)15-16-32(24,5)25(26)13-14-33(37,6)29(34)23-17-28(39)43-20-23/h17,24-27,29,40-41H,11-16,18-21H2,1-10H3. The lowest BCUT2D eigenvalue weighted by Gasteiger charge is -2.65. The van der Waals surface area contributed by atoms with Gasteiger partial charge in [0.05, 0.1) is 22.9 Å². The van der Waals surface area contributed by atoms with Gasteiger partial charge in [0.1, 0.15) is 17.8 Å². The second kappa shape index (κ2) is 10.5. The van der Waals surface area contributed by atoms with Crippen molar-refractivity contribution in [2.75, 3.05) is 13.7 Å². The zero-order valence-electron chi connectivity index (χ0n) is 29.8. The van der Waals surface area contributed by atoms with Crippen LogP contribution in [0.1, 0.15) is 120 Å². The first-order valence-electron chi connectivity index (χ1n) is 17.5. The minimum Gasteiger partial charge on any atom is -0.459 e. The van der Waals surface area contributed by atoms with Gasteiger partial charge in [0.2, 0.25) is 0 Å². The van der Waals surface area contributed by atoms with Crippen LogP contribution >= 0.6 is 0 Å². The number of rotatable bonds is 5. The highest BCUT2D eigenvalue weighted by molar-refractivity contribution is 5.85. The molecule has 0 aromatic carbocycles. The fourth-order valence-electron chi connectivity index (χ4n) is 12.2. The molecule has 6 rings (SSSR count). The molecule has 260 valence electrons. The van der Waals surface area contributed by atoms with Crippen LogP contribution in [0.4, 0.5) is 0 Å². The van der Waals surface area contributed by atoms with E-state index in [2.05, 4.69) is 20.8 Å². The Hall–Kier alpha value is -1.52. The Bertz CT molecular complexity index is 1310. The number of hydrogen-bond donors (Lipinski definition) is 2. The van der Waals surface area contributed by atoms with Crippen LogP contribution in [0, 0.1) is 34.5 Å². The number of carbonyl (C=O) groups excluding carboxylic acids is 2. The lowest BCUT2D eigenvalue weighted by molar-refractivity contribution is -0.390. The van der Waals surface area contributed by atoms with Gasteiger partial charge < -0.3 is 33.9 Å². The highest BCUT2D eigenvalue weighted by Gasteiger charge is 2.74. The van der Waals surface area contributed by atoms with E-state index in [-0.39, 0.29) is 35.8 Å². The van der Waals surface area contributed by atoms with Gasteiger partial charge in [-0.1, -0.05) is 13.8 Å². The molecule has 12 unspecified atom stereocenters. The van der Waals surface area contributed by atoms with E-state index < -0.39 is 45.3 Å². The van der Waals surface area contributed by atoms with Crippen molar-refractivity contribution in [3.63, 3.8) is 0 Å². The first-order chi connectivity index (χ1) is 21.1. The summed E-state index contributed by atoms with van der Waals surface area (Å²) < 4.78 is 30.7. The van der Waals surface area contributed by atoms with Crippen molar-refractivity contribution < 1.29 is 43.5 Å². The van der Waals surface area contributed by atoms with Crippen LogP contribution in [0.25, 0.3) is 0 Å². The van der Waals surface area contributed by atoms with E-state index in [1.165, 1.54) is 6.92 Å². The predicted molar refractivity (Wildman–Crippen MR) is 170 cm³/mol. The molecule has 9 heteroatoms. The van der Waals surface area contributed by atoms with Gasteiger partial charge in [-0.15, -0.1) is 0 Å². The van der Waals surface area contributed by atoms with Crippen molar-refractivity contribution >= 4 is 11.9 Å². The van der Waals surface area contributed by atoms with Crippen molar-refractivity contribution in [1.29, 1.82) is 0 Å². The van der Waals surface area contributed by atoms with Crippen LogP contribution in [-0.4, -0.2) is 75.8 Å². The molecule has 0 aromatic rings. The second-order valence-electron chi connectivity index (χ2n) is 17.8. The molecule has 0 bridgehead atoms. The van der Waals surface area contributed by atoms with Crippen LogP contribution in [0.15, 0.2) is 11.6 Å². The van der Waals surface area contributed by atoms with Crippen molar-refractivity contribution in [2.24, 2.45) is 34.5 Å². The van der Waals surface area contributed by atoms with Gasteiger partial charge in [-0.2, -0.15) is 0 Å². The van der Waals surface area contributed by atoms with Crippen molar-refractivity contribution in [3.8, 4) is 0 Å². The summed E-state index contributed by atoms with van der Waals surface area (Å²) in [5.74, 6) is -1.16. The molecule has 1 saturated heterocycles. The first kappa shape index (κ1) is 34.3. The summed E-state index contributed by atoms with van der Waals surface area (Å²) in [6.07, 6.45) is 8.29. The molecule has 0 radical (unpaired) electrons. The minimum atomic E-state index is -1.16. The molecule has 0 aromatic heterocycles. The smallest absolute Gasteiger partial charge is 0.331 e. The summed E-state index contributed by atoms with van der Waals surface area (Å²) in [5.41, 5.74) is -4.13. The Kier molecular flexibility index (Phi) is 7.83. The van der Waals surface area contributed by atoms with Gasteiger partial charge in [0.25, 0.3) is 0 Å². The number of cyclic esters (lactones) is 1. The monoisotopic (exact) mass is 646 g/mol. The molecule has 2 aliphatic heterocycles. The topological polar surface area (TPSA) is 121 Å². The summed E-state index contributed by atoms with van der Waals surface area (Å²) in [6.45, 7) is 17.9. The molecule has 4 saturated carbocycles. The fourth-order valence-corrected chi connectivity index (χ4v) is 12.2. The molecule has 0 spiro atoms. The molecule has 9 nitrogen and oxygen atoms in total. The summed E-state index contributed by atoms with van der Waals surface area (Å²) in [7, 11) is 1.63. The molecule has 12 atom stereocenters. The molecule has 46 heavy (non-hydrogen) atoms. The Morgan fingerprint density at radius 3 is 2.24 bits per heavy atom. The molecular formula is C37H58O9. The fraction of sp³-hybridized carbons (Fsp3) is 0.892. The largest absolute Gasteiger partial charge is 0.459 e. The van der Waals surface area contributed by atoms with E-state index in [0.29, 0.717) is 24.7 Å². The average Bonchev–Trinajstić information content (AvgIpc) is 3.40. The first-order valence-corrected chi connectivity index (χ1v) is 17.5. The van der Waals surface area contributed by atoms with E-state index >= 15 is 0 Å². The van der Waals surface area contributed by atoms with Crippen molar-refractivity contribution in [3.05, 3.63) is 11.6 Å². The molecule has 0 amide bonds. The third-order valence-electron chi connectivity index (χ3n) is 14.5. The van der Waals surface area contributed by atoms with Crippen LogP contribution in [0.5, 0.6) is 0 Å². The minimum absolute atomic E-state index is 0.0246. The maximum atomic E-state index is 13.0. The number of hydrogen-bond acceptors (Lipinski definition) is 9. The molecule has 2 N–H and O–H groups in total. The summed E-state index contributed by atoms with van der Waals surface area (Å²) in [5, 5.41) is 24.2. The van der Waals surface area contributed by atoms with E-state index in [4.69, 9.17) is 23.7 Å². The van der Waals surface area contributed by atoms with Gasteiger partial charge >= 0.3 is 11.9 Å². The molecule has 2 heterocycles. The van der Waals surface area contributed by atoms with Crippen molar-refractivity contribution in [1.82, 2.24) is 0 Å². The zero-order valence-corrected chi connectivity index (χ0v) is 29.8. The second-order valence-corrected chi connectivity index (χ2v) is 17.8. The van der Waals surface area contributed by atoms with Crippen LogP contribution < -0.4 is 0 Å². The van der Waals surface area contributed by atoms with Gasteiger partial charge in [-0.3, -0.25) is 4.79 Å². The highest BCUT2D eigenvalue weighted by atomic mass is 16.7. The zero-order chi connectivity index (χ0) is 33.9. The van der Waals surface area contributed by atoms with Crippen LogP contribution in [0.3, 0.4) is 0 Å². The third-order valence-corrected chi connectivity index (χ3v) is 14.5. The van der Waals surface area contributed by atoms with Gasteiger partial charge in [-0.05, 0) is 115 Å². The average molecular weight is 647 g/mol. The van der Waals surface area contributed by atoms with Crippen molar-refractivity contribution in [2.45, 2.75) is 160 Å². The molecular weight excluding hydrogens is 588 g/mol. The summed E-state index contributed by atoms with van der Waals surface area (Å²) in [6, 6.07) is 0. The maximum absolute atomic E-state index is 13.0. The number of esters is 2. The van der Waals surface area contributed by atoms with Gasteiger partial charge in [-0.25, -0.2) is 4.79 Å². The third kappa shape index (κ3) is 4.87.